The van der Waals surface area contributed by atoms with E-state index in [0.717, 1.165) is 23.3 Å². The number of aromatic nitrogens is 1. The average Bonchev–Trinajstić information content (AvgIpc) is 3.19. The largest absolute Gasteiger partial charge is 0.253 e. The van der Waals surface area contributed by atoms with Crippen LogP contribution in [0.25, 0.3) is 10.6 Å². The molecule has 1 saturated carbocycles. The Balaban J connectivity index is 2.09. The molecule has 0 aromatic carbocycles. The normalized spacial score (nSPS) is 15.8. The van der Waals surface area contributed by atoms with Crippen LogP contribution >= 0.6 is 22.7 Å². The third kappa shape index (κ3) is 2.83. The molecule has 20 heavy (non-hydrogen) atoms. The second kappa shape index (κ2) is 6.33. The van der Waals surface area contributed by atoms with E-state index in [0.29, 0.717) is 6.54 Å². The summed E-state index contributed by atoms with van der Waals surface area (Å²) in [5.41, 5.74) is 2.44. The minimum atomic E-state index is 0.634. The molecule has 2 aromatic rings. The van der Waals surface area contributed by atoms with Gasteiger partial charge >= 0.3 is 0 Å². The summed E-state index contributed by atoms with van der Waals surface area (Å²) in [4.78, 5) is 6.75. The first-order valence-electron chi connectivity index (χ1n) is 6.81. The third-order valence-electron chi connectivity index (χ3n) is 3.24. The first kappa shape index (κ1) is 13.5. The van der Waals surface area contributed by atoms with E-state index in [1.807, 2.05) is 10.8 Å². The summed E-state index contributed by atoms with van der Waals surface area (Å²) in [6, 6.07) is 4.21. The zero-order valence-electron chi connectivity index (χ0n) is 11.3. The number of nitrogens with zero attached hydrogens (tertiary/aromatic N) is 3. The van der Waals surface area contributed by atoms with Crippen molar-refractivity contribution in [3.8, 4) is 10.6 Å². The summed E-state index contributed by atoms with van der Waals surface area (Å²) >= 11 is 3.39. The standard InChI is InChI=1S/C15H17N3S2/c1-2-9-16-15-18(17-12-6-3-4-7-12)13(11-20-15)14-8-5-10-19-14/h2,5,8,10-11H,1,3-4,6-7,9H2. The SMILES string of the molecule is C=CCN=c1scc(-c2cccs2)n1N=C1CCCC1. The van der Waals surface area contributed by atoms with E-state index >= 15 is 0 Å². The van der Waals surface area contributed by atoms with Crippen LogP contribution in [0, 0.1) is 0 Å². The average molecular weight is 303 g/mol. The van der Waals surface area contributed by atoms with E-state index in [9.17, 15) is 0 Å². The first-order valence-corrected chi connectivity index (χ1v) is 8.57. The maximum Gasteiger partial charge on any atom is 0.206 e. The lowest BCUT2D eigenvalue weighted by Gasteiger charge is -2.02. The van der Waals surface area contributed by atoms with E-state index in [-0.39, 0.29) is 0 Å². The van der Waals surface area contributed by atoms with Crippen LogP contribution in [0.4, 0.5) is 0 Å². The maximum absolute atomic E-state index is 4.85. The first-order chi connectivity index (χ1) is 9.88. The van der Waals surface area contributed by atoms with Gasteiger partial charge in [0.05, 0.1) is 17.1 Å². The van der Waals surface area contributed by atoms with Crippen LogP contribution in [0.5, 0.6) is 0 Å². The van der Waals surface area contributed by atoms with Gasteiger partial charge in [-0.1, -0.05) is 12.1 Å². The van der Waals surface area contributed by atoms with Gasteiger partial charge in [-0.15, -0.1) is 29.3 Å². The van der Waals surface area contributed by atoms with Gasteiger partial charge in [-0.2, -0.15) is 5.10 Å². The van der Waals surface area contributed by atoms with Gasteiger partial charge in [-0.25, -0.2) is 4.68 Å². The highest BCUT2D eigenvalue weighted by Crippen LogP contribution is 2.26. The summed E-state index contributed by atoms with van der Waals surface area (Å²) in [6.45, 7) is 4.37. The molecule has 3 rings (SSSR count). The Labute approximate surface area is 126 Å². The molecule has 0 spiro atoms. The molecule has 0 aliphatic heterocycles. The molecule has 1 aliphatic rings. The van der Waals surface area contributed by atoms with Crippen LogP contribution in [0.15, 0.2) is 45.6 Å². The molecule has 0 N–H and O–H groups in total. The zero-order valence-corrected chi connectivity index (χ0v) is 12.9. The number of rotatable bonds is 4. The monoisotopic (exact) mass is 303 g/mol. The topological polar surface area (TPSA) is 29.6 Å². The molecule has 1 aliphatic carbocycles. The summed E-state index contributed by atoms with van der Waals surface area (Å²) in [7, 11) is 0. The molecule has 0 bridgehead atoms. The second-order valence-electron chi connectivity index (χ2n) is 4.70. The number of hydrogen-bond acceptors (Lipinski definition) is 4. The molecule has 2 heterocycles. The van der Waals surface area contributed by atoms with Gasteiger partial charge in [-0.3, -0.25) is 4.99 Å². The van der Waals surface area contributed by atoms with Crippen LogP contribution in [-0.2, 0) is 0 Å². The van der Waals surface area contributed by atoms with Crippen LogP contribution in [-0.4, -0.2) is 16.9 Å². The molecule has 0 amide bonds. The molecule has 0 saturated heterocycles. The Hall–Kier alpha value is -1.46. The van der Waals surface area contributed by atoms with Crippen molar-refractivity contribution in [1.82, 2.24) is 4.68 Å². The molecule has 0 atom stereocenters. The van der Waals surface area contributed by atoms with Crippen LogP contribution in [0.2, 0.25) is 0 Å². The predicted octanol–water partition coefficient (Wildman–Crippen LogP) is 4.14. The Morgan fingerprint density at radius 3 is 2.85 bits per heavy atom. The fourth-order valence-electron chi connectivity index (χ4n) is 2.27. The lowest BCUT2D eigenvalue weighted by Crippen LogP contribution is -2.13. The van der Waals surface area contributed by atoms with Crippen LogP contribution in [0.1, 0.15) is 25.7 Å². The van der Waals surface area contributed by atoms with Crippen molar-refractivity contribution >= 4 is 28.4 Å². The summed E-state index contributed by atoms with van der Waals surface area (Å²) in [5, 5.41) is 9.09. The zero-order chi connectivity index (χ0) is 13.8. The molecule has 2 aromatic heterocycles. The number of thiazole rings is 1. The predicted molar refractivity (Wildman–Crippen MR) is 87.6 cm³/mol. The Morgan fingerprint density at radius 2 is 2.15 bits per heavy atom. The molecule has 0 radical (unpaired) electrons. The lowest BCUT2D eigenvalue weighted by molar-refractivity contribution is 0.829. The fourth-order valence-corrected chi connectivity index (χ4v) is 3.90. The Morgan fingerprint density at radius 1 is 1.30 bits per heavy atom. The minimum absolute atomic E-state index is 0.634. The van der Waals surface area contributed by atoms with Gasteiger partial charge in [-0.05, 0) is 37.1 Å². The van der Waals surface area contributed by atoms with Gasteiger partial charge in [0.2, 0.25) is 4.80 Å². The summed E-state index contributed by atoms with van der Waals surface area (Å²) in [5.74, 6) is 0. The summed E-state index contributed by atoms with van der Waals surface area (Å²) in [6.07, 6.45) is 6.58. The van der Waals surface area contributed by atoms with E-state index in [1.165, 1.54) is 23.4 Å². The fraction of sp³-hybridized carbons (Fsp3) is 0.333. The van der Waals surface area contributed by atoms with Gasteiger partial charge in [0.25, 0.3) is 0 Å². The van der Waals surface area contributed by atoms with Gasteiger partial charge in [0, 0.05) is 11.1 Å². The molecule has 1 fully saturated rings. The number of thiophene rings is 1. The molecule has 104 valence electrons. The highest BCUT2D eigenvalue weighted by molar-refractivity contribution is 7.14. The van der Waals surface area contributed by atoms with Gasteiger partial charge in [0.15, 0.2) is 0 Å². The molecular weight excluding hydrogens is 286 g/mol. The van der Waals surface area contributed by atoms with E-state index in [1.54, 1.807) is 22.7 Å². The maximum atomic E-state index is 4.85. The Kier molecular flexibility index (Phi) is 4.28. The van der Waals surface area contributed by atoms with Crippen molar-refractivity contribution < 1.29 is 0 Å². The van der Waals surface area contributed by atoms with E-state index in [4.69, 9.17) is 5.10 Å². The van der Waals surface area contributed by atoms with Crippen LogP contribution < -0.4 is 4.80 Å². The highest BCUT2D eigenvalue weighted by atomic mass is 32.1. The van der Waals surface area contributed by atoms with Crippen LogP contribution in [0.3, 0.4) is 0 Å². The van der Waals surface area contributed by atoms with Crippen molar-refractivity contribution in [3.63, 3.8) is 0 Å². The van der Waals surface area contributed by atoms with Crippen molar-refractivity contribution in [2.75, 3.05) is 6.54 Å². The molecule has 3 nitrogen and oxygen atoms in total. The van der Waals surface area contributed by atoms with E-state index in [2.05, 4.69) is 34.5 Å². The number of hydrogen-bond donors (Lipinski definition) is 0. The lowest BCUT2D eigenvalue weighted by atomic mass is 10.3. The van der Waals surface area contributed by atoms with Crippen molar-refractivity contribution in [1.29, 1.82) is 0 Å². The minimum Gasteiger partial charge on any atom is -0.253 e. The van der Waals surface area contributed by atoms with Gasteiger partial charge in [0.1, 0.15) is 0 Å². The summed E-state index contributed by atoms with van der Waals surface area (Å²) < 4.78 is 2.01. The van der Waals surface area contributed by atoms with E-state index < -0.39 is 0 Å². The molecule has 5 heteroatoms. The second-order valence-corrected chi connectivity index (χ2v) is 6.48. The van der Waals surface area contributed by atoms with Gasteiger partial charge < -0.3 is 0 Å². The van der Waals surface area contributed by atoms with Crippen molar-refractivity contribution in [3.05, 3.63) is 40.3 Å². The van der Waals surface area contributed by atoms with Crippen molar-refractivity contribution in [2.45, 2.75) is 25.7 Å². The highest BCUT2D eigenvalue weighted by Gasteiger charge is 2.12. The smallest absolute Gasteiger partial charge is 0.206 e. The van der Waals surface area contributed by atoms with Crippen molar-refractivity contribution in [2.24, 2.45) is 10.1 Å². The molecule has 0 unspecified atom stereocenters. The third-order valence-corrected chi connectivity index (χ3v) is 4.98. The molecular formula is C15H17N3S2. The Bertz CT molecular complexity index is 666. The quantitative estimate of drug-likeness (QED) is 0.760.